The van der Waals surface area contributed by atoms with Gasteiger partial charge in [-0.1, -0.05) is 0 Å². The van der Waals surface area contributed by atoms with E-state index in [-0.39, 0.29) is 23.1 Å². The first kappa shape index (κ1) is 15.4. The summed E-state index contributed by atoms with van der Waals surface area (Å²) in [5.41, 5.74) is -0.161. The second-order valence-electron chi connectivity index (χ2n) is 5.14. The third kappa shape index (κ3) is 3.23. The fraction of sp³-hybridized carbons (Fsp3) is 0.571. The van der Waals surface area contributed by atoms with Gasteiger partial charge >= 0.3 is 0 Å². The van der Waals surface area contributed by atoms with Crippen LogP contribution in [0.25, 0.3) is 0 Å². The molecule has 0 aliphatic heterocycles. The Bertz CT molecular complexity index is 463. The van der Waals surface area contributed by atoms with Gasteiger partial charge in [0.05, 0.1) is 19.8 Å². The highest BCUT2D eigenvalue weighted by molar-refractivity contribution is 6.23. The minimum Gasteiger partial charge on any atom is -0.489 e. The summed E-state index contributed by atoms with van der Waals surface area (Å²) in [6.07, 6.45) is 0.710. The number of hydrogen-bond donors (Lipinski definition) is 1. The quantitative estimate of drug-likeness (QED) is 0.765. The van der Waals surface area contributed by atoms with Crippen molar-refractivity contribution in [2.24, 2.45) is 0 Å². The number of ketones is 2. The number of hydrogen-bond acceptors (Lipinski definition) is 5. The molecule has 0 saturated carbocycles. The van der Waals surface area contributed by atoms with Gasteiger partial charge in [0.2, 0.25) is 23.1 Å². The van der Waals surface area contributed by atoms with Crippen LogP contribution < -0.4 is 0 Å². The molecule has 106 valence electrons. The van der Waals surface area contributed by atoms with E-state index >= 15 is 0 Å². The molecule has 1 rings (SSSR count). The third-order valence-electron chi connectivity index (χ3n) is 3.08. The summed E-state index contributed by atoms with van der Waals surface area (Å²) in [6.45, 7) is 4.91. The van der Waals surface area contributed by atoms with Gasteiger partial charge in [-0.2, -0.15) is 0 Å². The maximum Gasteiger partial charge on any atom is 0.228 e. The molecule has 0 unspecified atom stereocenters. The molecular weight excluding hydrogens is 248 g/mol. The van der Waals surface area contributed by atoms with E-state index in [1.807, 2.05) is 0 Å². The molecule has 0 saturated heterocycles. The normalized spacial score (nSPS) is 17.2. The van der Waals surface area contributed by atoms with Crippen LogP contribution in [0.15, 0.2) is 22.7 Å². The second-order valence-corrected chi connectivity index (χ2v) is 5.14. The predicted octanol–water partition coefficient (Wildman–Crippen LogP) is 1.51. The molecule has 0 radical (unpaired) electrons. The monoisotopic (exact) mass is 268 g/mol. The minimum atomic E-state index is -0.894. The second kappa shape index (κ2) is 5.57. The van der Waals surface area contributed by atoms with Crippen molar-refractivity contribution in [1.29, 1.82) is 0 Å². The van der Waals surface area contributed by atoms with E-state index in [1.165, 1.54) is 14.2 Å². The SMILES string of the molecule is COC1=C(OC)C(=O)C(CCC(C)(C)O)=C(C)C1=O. The van der Waals surface area contributed by atoms with Crippen LogP contribution >= 0.6 is 0 Å². The summed E-state index contributed by atoms with van der Waals surface area (Å²) in [5, 5.41) is 9.72. The number of aliphatic hydroxyl groups is 1. The molecule has 1 aliphatic carbocycles. The number of carbonyl (C=O) groups is 2. The molecule has 5 heteroatoms. The molecule has 0 fully saturated rings. The third-order valence-corrected chi connectivity index (χ3v) is 3.08. The summed E-state index contributed by atoms with van der Waals surface area (Å²) >= 11 is 0. The lowest BCUT2D eigenvalue weighted by Crippen LogP contribution is -2.27. The molecule has 5 nitrogen and oxygen atoms in total. The first-order valence-corrected chi connectivity index (χ1v) is 6.06. The van der Waals surface area contributed by atoms with Crippen molar-refractivity contribution >= 4 is 11.6 Å². The smallest absolute Gasteiger partial charge is 0.228 e. The van der Waals surface area contributed by atoms with E-state index in [1.54, 1.807) is 20.8 Å². The topological polar surface area (TPSA) is 72.8 Å². The fourth-order valence-corrected chi connectivity index (χ4v) is 1.92. The van der Waals surface area contributed by atoms with Gasteiger partial charge in [0, 0.05) is 11.1 Å². The highest BCUT2D eigenvalue weighted by atomic mass is 16.5. The lowest BCUT2D eigenvalue weighted by molar-refractivity contribution is -0.121. The van der Waals surface area contributed by atoms with Crippen LogP contribution in [0, 0.1) is 0 Å². The fourth-order valence-electron chi connectivity index (χ4n) is 1.92. The van der Waals surface area contributed by atoms with Gasteiger partial charge in [-0.3, -0.25) is 9.59 Å². The van der Waals surface area contributed by atoms with Crippen LogP contribution in [0.3, 0.4) is 0 Å². The van der Waals surface area contributed by atoms with Gasteiger partial charge in [-0.15, -0.1) is 0 Å². The van der Waals surface area contributed by atoms with Gasteiger partial charge in [0.1, 0.15) is 0 Å². The van der Waals surface area contributed by atoms with Crippen molar-refractivity contribution in [3.63, 3.8) is 0 Å². The number of Topliss-reactive ketones (excluding diaryl/α,β-unsaturated/α-hetero) is 2. The molecule has 19 heavy (non-hydrogen) atoms. The molecule has 1 aliphatic rings. The Balaban J connectivity index is 3.10. The van der Waals surface area contributed by atoms with Crippen molar-refractivity contribution in [3.8, 4) is 0 Å². The van der Waals surface area contributed by atoms with Gasteiger partial charge in [-0.05, 0) is 33.6 Å². The van der Waals surface area contributed by atoms with Crippen LogP contribution in [-0.2, 0) is 19.1 Å². The lowest BCUT2D eigenvalue weighted by Gasteiger charge is -2.22. The Morgan fingerprint density at radius 1 is 1.05 bits per heavy atom. The van der Waals surface area contributed by atoms with Crippen LogP contribution in [0.5, 0.6) is 0 Å². The van der Waals surface area contributed by atoms with Crippen molar-refractivity contribution < 1.29 is 24.2 Å². The Labute approximate surface area is 112 Å². The van der Waals surface area contributed by atoms with Gasteiger partial charge < -0.3 is 14.6 Å². The average Bonchev–Trinajstić information content (AvgIpc) is 2.31. The molecular formula is C14H20O5. The molecule has 0 atom stereocenters. The molecule has 0 aromatic carbocycles. The zero-order valence-corrected chi connectivity index (χ0v) is 12.0. The standard InChI is InChI=1S/C14H20O5/c1-8-9(6-7-14(2,3)17)11(16)13(19-5)12(18-4)10(8)15/h17H,6-7H2,1-5H3. The summed E-state index contributed by atoms with van der Waals surface area (Å²) in [6, 6.07) is 0. The summed E-state index contributed by atoms with van der Waals surface area (Å²) in [4.78, 5) is 24.3. The van der Waals surface area contributed by atoms with Crippen molar-refractivity contribution in [3.05, 3.63) is 22.7 Å². The molecule has 0 aromatic heterocycles. The van der Waals surface area contributed by atoms with Gasteiger partial charge in [-0.25, -0.2) is 0 Å². The maximum atomic E-state index is 12.2. The number of ether oxygens (including phenoxy) is 2. The van der Waals surface area contributed by atoms with Gasteiger partial charge in [0.15, 0.2) is 0 Å². The minimum absolute atomic E-state index is 0.0583. The maximum absolute atomic E-state index is 12.2. The average molecular weight is 268 g/mol. The number of allylic oxidation sites excluding steroid dienone is 2. The van der Waals surface area contributed by atoms with E-state index in [2.05, 4.69) is 0 Å². The van der Waals surface area contributed by atoms with Crippen LogP contribution in [0.2, 0.25) is 0 Å². The summed E-state index contributed by atoms with van der Waals surface area (Å²) in [7, 11) is 2.66. The van der Waals surface area contributed by atoms with Crippen molar-refractivity contribution in [1.82, 2.24) is 0 Å². The molecule has 0 spiro atoms. The van der Waals surface area contributed by atoms with Crippen LogP contribution in [-0.4, -0.2) is 36.5 Å². The highest BCUT2D eigenvalue weighted by Gasteiger charge is 2.34. The van der Waals surface area contributed by atoms with E-state index in [0.717, 1.165) is 0 Å². The van der Waals surface area contributed by atoms with Crippen LogP contribution in [0.1, 0.15) is 33.6 Å². The number of methoxy groups -OCH3 is 2. The number of carbonyl (C=O) groups excluding carboxylic acids is 2. The Morgan fingerprint density at radius 3 is 1.95 bits per heavy atom. The first-order chi connectivity index (χ1) is 8.72. The van der Waals surface area contributed by atoms with Gasteiger partial charge in [0.25, 0.3) is 0 Å². The number of rotatable bonds is 5. The zero-order valence-electron chi connectivity index (χ0n) is 12.0. The van der Waals surface area contributed by atoms with Crippen molar-refractivity contribution in [2.45, 2.75) is 39.2 Å². The molecule has 0 aromatic rings. The molecule has 0 heterocycles. The lowest BCUT2D eigenvalue weighted by atomic mass is 9.87. The summed E-state index contributed by atoms with van der Waals surface area (Å²) in [5.74, 6) is -0.814. The molecule has 0 amide bonds. The van der Waals surface area contributed by atoms with E-state index < -0.39 is 5.60 Å². The highest BCUT2D eigenvalue weighted by Crippen LogP contribution is 2.29. The Morgan fingerprint density at radius 2 is 1.53 bits per heavy atom. The predicted molar refractivity (Wildman–Crippen MR) is 69.3 cm³/mol. The zero-order chi connectivity index (χ0) is 14.8. The molecule has 0 bridgehead atoms. The van der Waals surface area contributed by atoms with E-state index in [9.17, 15) is 14.7 Å². The van der Waals surface area contributed by atoms with Crippen LogP contribution in [0.4, 0.5) is 0 Å². The Hall–Kier alpha value is -1.62. The largest absolute Gasteiger partial charge is 0.489 e. The Kier molecular flexibility index (Phi) is 4.52. The molecule has 1 N–H and O–H groups in total. The van der Waals surface area contributed by atoms with E-state index in [0.29, 0.717) is 24.0 Å². The summed E-state index contributed by atoms with van der Waals surface area (Å²) < 4.78 is 9.92. The van der Waals surface area contributed by atoms with E-state index in [4.69, 9.17) is 9.47 Å². The first-order valence-electron chi connectivity index (χ1n) is 6.06. The van der Waals surface area contributed by atoms with Crippen molar-refractivity contribution in [2.75, 3.05) is 14.2 Å².